The molecule has 0 aromatic carbocycles. The van der Waals surface area contributed by atoms with Crippen LogP contribution in [0.5, 0.6) is 0 Å². The van der Waals surface area contributed by atoms with Gasteiger partial charge in [-0.25, -0.2) is 0 Å². The van der Waals surface area contributed by atoms with Gasteiger partial charge >= 0.3 is 0 Å². The monoisotopic (exact) mass is 252 g/mol. The summed E-state index contributed by atoms with van der Waals surface area (Å²) in [6, 6.07) is 0.603. The molecule has 5 nitrogen and oxygen atoms in total. The van der Waals surface area contributed by atoms with Crippen molar-refractivity contribution in [3.8, 4) is 0 Å². The van der Waals surface area contributed by atoms with Crippen LogP contribution in [0.4, 0.5) is 5.82 Å². The normalized spacial score (nSPS) is 21.3. The summed E-state index contributed by atoms with van der Waals surface area (Å²) >= 11 is 0. The molecular weight excluding hydrogens is 228 g/mol. The van der Waals surface area contributed by atoms with Crippen LogP contribution in [0, 0.1) is 6.92 Å². The van der Waals surface area contributed by atoms with Gasteiger partial charge in [0.05, 0.1) is 18.3 Å². The fourth-order valence-electron chi connectivity index (χ4n) is 2.69. The summed E-state index contributed by atoms with van der Waals surface area (Å²) in [4.78, 5) is 2.30. The Balaban J connectivity index is 2.29. The molecule has 2 N–H and O–H groups in total. The molecule has 0 radical (unpaired) electrons. The number of ether oxygens (including phenoxy) is 1. The lowest BCUT2D eigenvalue weighted by molar-refractivity contribution is 0.193. The third-order valence-electron chi connectivity index (χ3n) is 3.63. The molecule has 2 rings (SSSR count). The second-order valence-electron chi connectivity index (χ2n) is 5.32. The Morgan fingerprint density at radius 2 is 2.33 bits per heavy atom. The molecule has 0 saturated carbocycles. The first-order chi connectivity index (χ1) is 8.50. The zero-order valence-electron chi connectivity index (χ0n) is 11.8. The number of aryl methyl sites for hydroxylation is 2. The number of rotatable bonds is 4. The maximum atomic E-state index is 5.94. The first-order valence-electron chi connectivity index (χ1n) is 6.59. The minimum atomic E-state index is 0.153. The number of nitrogens with zero attached hydrogens (tertiary/aromatic N) is 3. The van der Waals surface area contributed by atoms with Crippen molar-refractivity contribution in [3.05, 3.63) is 11.3 Å². The predicted octanol–water partition coefficient (Wildman–Crippen LogP) is 0.843. The molecule has 0 amide bonds. The molecule has 1 fully saturated rings. The minimum Gasteiger partial charge on any atom is -0.379 e. The first kappa shape index (κ1) is 13.4. The summed E-state index contributed by atoms with van der Waals surface area (Å²) in [7, 11) is 4.12. The van der Waals surface area contributed by atoms with Crippen LogP contribution in [0.25, 0.3) is 0 Å². The Labute approximate surface area is 109 Å². The van der Waals surface area contributed by atoms with E-state index < -0.39 is 0 Å². The smallest absolute Gasteiger partial charge is 0.130 e. The van der Waals surface area contributed by atoms with Crippen LogP contribution in [0.3, 0.4) is 0 Å². The maximum Gasteiger partial charge on any atom is 0.130 e. The Bertz CT molecular complexity index is 407. The van der Waals surface area contributed by atoms with Gasteiger partial charge in [-0.15, -0.1) is 0 Å². The molecule has 5 heteroatoms. The summed E-state index contributed by atoms with van der Waals surface area (Å²) in [5, 5.41) is 4.54. The van der Waals surface area contributed by atoms with Crippen LogP contribution in [-0.2, 0) is 18.2 Å². The van der Waals surface area contributed by atoms with Gasteiger partial charge in [0.15, 0.2) is 0 Å². The van der Waals surface area contributed by atoms with Crippen LogP contribution >= 0.6 is 0 Å². The highest BCUT2D eigenvalue weighted by atomic mass is 16.5. The highest BCUT2D eigenvalue weighted by Crippen LogP contribution is 2.27. The third kappa shape index (κ3) is 2.52. The van der Waals surface area contributed by atoms with Crippen LogP contribution in [0.1, 0.15) is 24.6 Å². The molecule has 1 aliphatic rings. The molecule has 2 unspecified atom stereocenters. The lowest BCUT2D eigenvalue weighted by atomic mass is 10.1. The van der Waals surface area contributed by atoms with Crippen LogP contribution in [0.15, 0.2) is 0 Å². The van der Waals surface area contributed by atoms with Gasteiger partial charge in [-0.2, -0.15) is 5.10 Å². The van der Waals surface area contributed by atoms with E-state index >= 15 is 0 Å². The lowest BCUT2D eigenvalue weighted by Crippen LogP contribution is -2.34. The van der Waals surface area contributed by atoms with E-state index in [0.717, 1.165) is 31.7 Å². The average molecular weight is 252 g/mol. The van der Waals surface area contributed by atoms with E-state index in [1.807, 2.05) is 18.7 Å². The summed E-state index contributed by atoms with van der Waals surface area (Å²) in [6.07, 6.45) is 1.95. The fourth-order valence-corrected chi connectivity index (χ4v) is 2.69. The zero-order valence-corrected chi connectivity index (χ0v) is 11.8. The second kappa shape index (κ2) is 5.28. The topological polar surface area (TPSA) is 56.3 Å². The summed E-state index contributed by atoms with van der Waals surface area (Å²) in [5.74, 6) is 1.18. The van der Waals surface area contributed by atoms with Crippen LogP contribution in [0.2, 0.25) is 0 Å². The van der Waals surface area contributed by atoms with Gasteiger partial charge in [-0.05, 0) is 26.7 Å². The molecule has 1 aliphatic heterocycles. The van der Waals surface area contributed by atoms with Crippen molar-refractivity contribution in [2.45, 2.75) is 38.8 Å². The van der Waals surface area contributed by atoms with Gasteiger partial charge in [0.25, 0.3) is 0 Å². The summed E-state index contributed by atoms with van der Waals surface area (Å²) in [6.45, 7) is 5.75. The van der Waals surface area contributed by atoms with Gasteiger partial charge < -0.3 is 15.4 Å². The summed E-state index contributed by atoms with van der Waals surface area (Å²) < 4.78 is 7.43. The highest BCUT2D eigenvalue weighted by Gasteiger charge is 2.26. The van der Waals surface area contributed by atoms with Crippen molar-refractivity contribution in [2.24, 2.45) is 12.8 Å². The molecule has 1 aromatic rings. The molecule has 18 heavy (non-hydrogen) atoms. The summed E-state index contributed by atoms with van der Waals surface area (Å²) in [5.41, 5.74) is 8.29. The predicted molar refractivity (Wildman–Crippen MR) is 72.9 cm³/mol. The van der Waals surface area contributed by atoms with Gasteiger partial charge in [-0.3, -0.25) is 4.68 Å². The minimum absolute atomic E-state index is 0.153. The molecular formula is C13H24N4O. The van der Waals surface area contributed by atoms with Crippen molar-refractivity contribution >= 4 is 5.82 Å². The number of likely N-dealkylation sites (N-methyl/N-ethyl adjacent to an activating group) is 1. The number of hydrogen-bond acceptors (Lipinski definition) is 4. The molecule has 1 aromatic heterocycles. The molecule has 1 saturated heterocycles. The van der Waals surface area contributed by atoms with E-state index in [-0.39, 0.29) is 6.04 Å². The molecule has 0 aliphatic carbocycles. The Hall–Kier alpha value is -1.07. The highest BCUT2D eigenvalue weighted by molar-refractivity contribution is 5.51. The first-order valence-corrected chi connectivity index (χ1v) is 6.59. The second-order valence-corrected chi connectivity index (χ2v) is 5.32. The molecule has 2 atom stereocenters. The lowest BCUT2D eigenvalue weighted by Gasteiger charge is -2.27. The van der Waals surface area contributed by atoms with Crippen molar-refractivity contribution in [3.63, 3.8) is 0 Å². The average Bonchev–Trinajstić information content (AvgIpc) is 2.87. The number of anilines is 1. The van der Waals surface area contributed by atoms with Crippen molar-refractivity contribution < 1.29 is 4.74 Å². The van der Waals surface area contributed by atoms with Crippen molar-refractivity contribution in [2.75, 3.05) is 25.2 Å². The fraction of sp³-hybridized carbons (Fsp3) is 0.769. The van der Waals surface area contributed by atoms with Crippen molar-refractivity contribution in [1.82, 2.24) is 9.78 Å². The molecule has 0 spiro atoms. The van der Waals surface area contributed by atoms with Crippen LogP contribution < -0.4 is 10.6 Å². The van der Waals surface area contributed by atoms with E-state index in [0.29, 0.717) is 6.04 Å². The molecule has 102 valence electrons. The van der Waals surface area contributed by atoms with Gasteiger partial charge in [0.1, 0.15) is 5.82 Å². The molecule has 2 heterocycles. The standard InChI is InChI=1S/C13H24N4O/c1-9(14)7-12-10(2)15-17(4)13(12)16(3)11-5-6-18-8-11/h9,11H,5-8,14H2,1-4H3. The number of nitrogens with two attached hydrogens (primary N) is 1. The van der Waals surface area contributed by atoms with Crippen LogP contribution in [-0.4, -0.2) is 42.1 Å². The Morgan fingerprint density at radius 1 is 1.61 bits per heavy atom. The van der Waals surface area contributed by atoms with Gasteiger partial charge in [0, 0.05) is 32.3 Å². The Morgan fingerprint density at radius 3 is 2.89 bits per heavy atom. The van der Waals surface area contributed by atoms with E-state index in [4.69, 9.17) is 10.5 Å². The third-order valence-corrected chi connectivity index (χ3v) is 3.63. The number of aromatic nitrogens is 2. The van der Waals surface area contributed by atoms with Gasteiger partial charge in [-0.1, -0.05) is 0 Å². The SMILES string of the molecule is Cc1nn(C)c(N(C)C2CCOC2)c1CC(C)N. The Kier molecular flexibility index (Phi) is 3.92. The van der Waals surface area contributed by atoms with Gasteiger partial charge in [0.2, 0.25) is 0 Å². The zero-order chi connectivity index (χ0) is 13.3. The van der Waals surface area contributed by atoms with E-state index in [1.54, 1.807) is 0 Å². The maximum absolute atomic E-state index is 5.94. The largest absolute Gasteiger partial charge is 0.379 e. The molecule has 0 bridgehead atoms. The quantitative estimate of drug-likeness (QED) is 0.863. The number of hydrogen-bond donors (Lipinski definition) is 1. The van der Waals surface area contributed by atoms with E-state index in [9.17, 15) is 0 Å². The van der Waals surface area contributed by atoms with E-state index in [2.05, 4.69) is 24.0 Å². The van der Waals surface area contributed by atoms with Crippen molar-refractivity contribution in [1.29, 1.82) is 0 Å². The van der Waals surface area contributed by atoms with E-state index in [1.165, 1.54) is 11.4 Å².